The van der Waals surface area contributed by atoms with Crippen molar-refractivity contribution in [2.45, 2.75) is 32.0 Å². The molecule has 2 aromatic rings. The Hall–Kier alpha value is -1.50. The van der Waals surface area contributed by atoms with Gasteiger partial charge in [-0.15, -0.1) is 10.2 Å². The lowest BCUT2D eigenvalue weighted by Crippen LogP contribution is -2.19. The van der Waals surface area contributed by atoms with Crippen LogP contribution in [0.3, 0.4) is 0 Å². The van der Waals surface area contributed by atoms with E-state index >= 15 is 0 Å². The monoisotopic (exact) mass is 281 g/mol. The summed E-state index contributed by atoms with van der Waals surface area (Å²) < 4.78 is 0. The van der Waals surface area contributed by atoms with Gasteiger partial charge in [0.1, 0.15) is 6.10 Å². The molecule has 0 bridgehead atoms. The second-order valence-corrected chi connectivity index (χ2v) is 4.95. The fourth-order valence-corrected chi connectivity index (χ4v) is 1.79. The molecule has 1 unspecified atom stereocenters. The van der Waals surface area contributed by atoms with Crippen LogP contribution in [0, 0.1) is 0 Å². The SMILES string of the molecule is CC(N)Cc1nnn(C[C@H](O)c2ccc(Cl)cc2)n1. The minimum Gasteiger partial charge on any atom is -0.386 e. The molecule has 1 aromatic carbocycles. The Morgan fingerprint density at radius 3 is 2.68 bits per heavy atom. The van der Waals surface area contributed by atoms with E-state index in [2.05, 4.69) is 15.4 Å². The lowest BCUT2D eigenvalue weighted by Gasteiger charge is -2.09. The molecule has 6 nitrogen and oxygen atoms in total. The van der Waals surface area contributed by atoms with Gasteiger partial charge in [-0.25, -0.2) is 0 Å². The fraction of sp³-hybridized carbons (Fsp3) is 0.417. The van der Waals surface area contributed by atoms with Crippen molar-refractivity contribution < 1.29 is 5.11 Å². The largest absolute Gasteiger partial charge is 0.386 e. The van der Waals surface area contributed by atoms with Crippen molar-refractivity contribution >= 4 is 11.6 Å². The lowest BCUT2D eigenvalue weighted by molar-refractivity contribution is 0.144. The molecule has 0 aliphatic heterocycles. The molecular weight excluding hydrogens is 266 g/mol. The number of hydrogen-bond donors (Lipinski definition) is 2. The van der Waals surface area contributed by atoms with Crippen molar-refractivity contribution in [2.24, 2.45) is 5.73 Å². The van der Waals surface area contributed by atoms with Crippen LogP contribution < -0.4 is 5.73 Å². The number of nitrogens with two attached hydrogens (primary N) is 1. The zero-order valence-corrected chi connectivity index (χ0v) is 11.3. The Labute approximate surface area is 116 Å². The summed E-state index contributed by atoms with van der Waals surface area (Å²) in [6.45, 7) is 2.12. The Balaban J connectivity index is 2.00. The number of nitrogens with zero attached hydrogens (tertiary/aromatic N) is 4. The first-order valence-corrected chi connectivity index (χ1v) is 6.38. The van der Waals surface area contributed by atoms with Gasteiger partial charge in [-0.2, -0.15) is 4.80 Å². The molecule has 2 rings (SSSR count). The first-order valence-electron chi connectivity index (χ1n) is 6.00. The van der Waals surface area contributed by atoms with Gasteiger partial charge in [0.05, 0.1) is 6.54 Å². The summed E-state index contributed by atoms with van der Waals surface area (Å²) in [6.07, 6.45) is -0.133. The summed E-state index contributed by atoms with van der Waals surface area (Å²) in [4.78, 5) is 1.37. The maximum Gasteiger partial charge on any atom is 0.176 e. The molecule has 3 N–H and O–H groups in total. The van der Waals surface area contributed by atoms with Crippen molar-refractivity contribution in [2.75, 3.05) is 0 Å². The molecule has 7 heteroatoms. The van der Waals surface area contributed by atoms with Gasteiger partial charge in [-0.1, -0.05) is 23.7 Å². The molecule has 0 saturated carbocycles. The normalized spacial score (nSPS) is 14.3. The van der Waals surface area contributed by atoms with Gasteiger partial charge in [0.15, 0.2) is 5.82 Å². The van der Waals surface area contributed by atoms with Crippen molar-refractivity contribution in [3.8, 4) is 0 Å². The molecule has 0 radical (unpaired) electrons. The average Bonchev–Trinajstić information content (AvgIpc) is 2.76. The molecule has 0 saturated heterocycles. The van der Waals surface area contributed by atoms with Crippen LogP contribution >= 0.6 is 11.6 Å². The second kappa shape index (κ2) is 6.10. The number of halogens is 1. The number of aromatic nitrogens is 4. The van der Waals surface area contributed by atoms with Crippen molar-refractivity contribution in [1.82, 2.24) is 20.2 Å². The molecule has 0 fully saturated rings. The third-order valence-corrected chi connectivity index (χ3v) is 2.84. The van der Waals surface area contributed by atoms with Crippen molar-refractivity contribution in [3.05, 3.63) is 40.7 Å². The molecule has 0 aliphatic carbocycles. The summed E-state index contributed by atoms with van der Waals surface area (Å²) in [7, 11) is 0. The molecule has 19 heavy (non-hydrogen) atoms. The molecule has 0 aliphatic rings. The molecule has 0 spiro atoms. The van der Waals surface area contributed by atoms with Crippen LogP contribution in [0.4, 0.5) is 0 Å². The number of hydrogen-bond acceptors (Lipinski definition) is 5. The summed E-state index contributed by atoms with van der Waals surface area (Å²) in [5, 5.41) is 22.6. The Morgan fingerprint density at radius 1 is 1.37 bits per heavy atom. The smallest absolute Gasteiger partial charge is 0.176 e. The predicted molar refractivity (Wildman–Crippen MR) is 71.6 cm³/mol. The molecular formula is C12H16ClN5O. The highest BCUT2D eigenvalue weighted by Crippen LogP contribution is 2.17. The Kier molecular flexibility index (Phi) is 4.47. The molecule has 0 amide bonds. The Morgan fingerprint density at radius 2 is 2.05 bits per heavy atom. The van der Waals surface area contributed by atoms with Crippen LogP contribution in [0.25, 0.3) is 0 Å². The van der Waals surface area contributed by atoms with Crippen LogP contribution in [0.15, 0.2) is 24.3 Å². The summed E-state index contributed by atoms with van der Waals surface area (Å²) >= 11 is 5.79. The molecule has 1 aromatic heterocycles. The van der Waals surface area contributed by atoms with E-state index in [1.165, 1.54) is 4.80 Å². The maximum atomic E-state index is 10.1. The number of aliphatic hydroxyl groups excluding tert-OH is 1. The number of aliphatic hydroxyl groups is 1. The van der Waals surface area contributed by atoms with Gasteiger partial charge >= 0.3 is 0 Å². The van der Waals surface area contributed by atoms with Gasteiger partial charge in [-0.3, -0.25) is 0 Å². The first-order chi connectivity index (χ1) is 9.04. The topological polar surface area (TPSA) is 89.8 Å². The minimum absolute atomic E-state index is 0.0150. The van der Waals surface area contributed by atoms with E-state index in [1.54, 1.807) is 24.3 Å². The van der Waals surface area contributed by atoms with Gasteiger partial charge in [0.25, 0.3) is 0 Å². The van der Waals surface area contributed by atoms with E-state index in [4.69, 9.17) is 17.3 Å². The van der Waals surface area contributed by atoms with Crippen LogP contribution in [0.5, 0.6) is 0 Å². The number of rotatable bonds is 5. The summed E-state index contributed by atoms with van der Waals surface area (Å²) in [5.41, 5.74) is 6.42. The van der Waals surface area contributed by atoms with E-state index in [0.717, 1.165) is 5.56 Å². The molecule has 2 atom stereocenters. The van der Waals surface area contributed by atoms with Gasteiger partial charge in [0.2, 0.25) is 0 Å². The first kappa shape index (κ1) is 13.9. The number of tetrazole rings is 1. The second-order valence-electron chi connectivity index (χ2n) is 4.51. The molecule has 102 valence electrons. The van der Waals surface area contributed by atoms with Gasteiger partial charge in [-0.05, 0) is 29.8 Å². The van der Waals surface area contributed by atoms with E-state index in [1.807, 2.05) is 6.92 Å². The van der Waals surface area contributed by atoms with E-state index < -0.39 is 6.10 Å². The maximum absolute atomic E-state index is 10.1. The summed E-state index contributed by atoms with van der Waals surface area (Å²) in [5.74, 6) is 0.582. The highest BCUT2D eigenvalue weighted by Gasteiger charge is 2.11. The van der Waals surface area contributed by atoms with Crippen LogP contribution in [-0.4, -0.2) is 31.4 Å². The summed E-state index contributed by atoms with van der Waals surface area (Å²) in [6, 6.07) is 6.99. The highest BCUT2D eigenvalue weighted by atomic mass is 35.5. The fourth-order valence-electron chi connectivity index (χ4n) is 1.67. The third-order valence-electron chi connectivity index (χ3n) is 2.59. The quantitative estimate of drug-likeness (QED) is 0.852. The van der Waals surface area contributed by atoms with Crippen molar-refractivity contribution in [3.63, 3.8) is 0 Å². The predicted octanol–water partition coefficient (Wildman–Crippen LogP) is 0.950. The molecule has 1 heterocycles. The van der Waals surface area contributed by atoms with Crippen molar-refractivity contribution in [1.29, 1.82) is 0 Å². The standard InChI is InChI=1S/C12H16ClN5O/c1-8(14)6-12-15-17-18(16-12)7-11(19)9-2-4-10(13)5-3-9/h2-5,8,11,19H,6-7,14H2,1H3/t8?,11-/m0/s1. The van der Waals surface area contributed by atoms with Crippen LogP contribution in [0.2, 0.25) is 5.02 Å². The van der Waals surface area contributed by atoms with E-state index in [0.29, 0.717) is 17.3 Å². The highest BCUT2D eigenvalue weighted by molar-refractivity contribution is 6.30. The van der Waals surface area contributed by atoms with Crippen LogP contribution in [0.1, 0.15) is 24.4 Å². The number of benzene rings is 1. The Bertz CT molecular complexity index is 525. The zero-order valence-electron chi connectivity index (χ0n) is 10.6. The zero-order chi connectivity index (χ0) is 13.8. The van der Waals surface area contributed by atoms with Gasteiger partial charge in [0, 0.05) is 17.5 Å². The van der Waals surface area contributed by atoms with Gasteiger partial charge < -0.3 is 10.8 Å². The lowest BCUT2D eigenvalue weighted by atomic mass is 10.1. The average molecular weight is 282 g/mol. The minimum atomic E-state index is -0.699. The third kappa shape index (κ3) is 3.99. The van der Waals surface area contributed by atoms with Crippen LogP contribution in [-0.2, 0) is 13.0 Å². The van der Waals surface area contributed by atoms with E-state index in [-0.39, 0.29) is 12.6 Å². The van der Waals surface area contributed by atoms with E-state index in [9.17, 15) is 5.11 Å².